The molecule has 2 aromatic carbocycles. The molecular formula is C31H35F3N2O6. The van der Waals surface area contributed by atoms with Gasteiger partial charge in [0.2, 0.25) is 0 Å². The first-order valence-electron chi connectivity index (χ1n) is 14.2. The van der Waals surface area contributed by atoms with Gasteiger partial charge in [-0.25, -0.2) is 4.79 Å². The van der Waals surface area contributed by atoms with Crippen molar-refractivity contribution < 1.29 is 41.8 Å². The van der Waals surface area contributed by atoms with Gasteiger partial charge in [-0.1, -0.05) is 12.1 Å². The van der Waals surface area contributed by atoms with Crippen LogP contribution in [0.15, 0.2) is 42.5 Å². The van der Waals surface area contributed by atoms with Crippen LogP contribution in [0.25, 0.3) is 0 Å². The van der Waals surface area contributed by atoms with Crippen molar-refractivity contribution in [1.29, 1.82) is 0 Å². The first-order valence-corrected chi connectivity index (χ1v) is 14.2. The minimum absolute atomic E-state index is 0.00719. The van der Waals surface area contributed by atoms with Gasteiger partial charge in [0, 0.05) is 6.04 Å². The summed E-state index contributed by atoms with van der Waals surface area (Å²) < 4.78 is 55.5. The lowest BCUT2D eigenvalue weighted by atomic mass is 9.48. The average molecular weight is 589 g/mol. The number of anilines is 1. The maximum Gasteiger partial charge on any atom is 0.418 e. The number of benzene rings is 2. The summed E-state index contributed by atoms with van der Waals surface area (Å²) in [5, 5.41) is 5.27. The first kappa shape index (κ1) is 29.7. The molecule has 0 spiro atoms. The third-order valence-corrected chi connectivity index (χ3v) is 8.98. The average Bonchev–Trinajstić information content (AvgIpc) is 2.93. The van der Waals surface area contributed by atoms with Crippen molar-refractivity contribution in [3.63, 3.8) is 0 Å². The summed E-state index contributed by atoms with van der Waals surface area (Å²) in [6.07, 6.45) is 2.76. The van der Waals surface area contributed by atoms with Gasteiger partial charge in [-0.15, -0.1) is 0 Å². The molecule has 0 aliphatic heterocycles. The Kier molecular flexibility index (Phi) is 8.39. The molecule has 2 amide bonds. The number of methoxy groups -OCH3 is 1. The minimum atomic E-state index is -4.63. The smallest absolute Gasteiger partial charge is 0.418 e. The molecule has 1 atom stereocenters. The summed E-state index contributed by atoms with van der Waals surface area (Å²) in [4.78, 5) is 37.6. The second kappa shape index (κ2) is 11.9. The van der Waals surface area contributed by atoms with E-state index in [1.807, 2.05) is 0 Å². The fourth-order valence-corrected chi connectivity index (χ4v) is 7.44. The summed E-state index contributed by atoms with van der Waals surface area (Å²) >= 11 is 0. The van der Waals surface area contributed by atoms with E-state index in [4.69, 9.17) is 14.2 Å². The highest BCUT2D eigenvalue weighted by molar-refractivity contribution is 5.93. The van der Waals surface area contributed by atoms with E-state index >= 15 is 0 Å². The number of carbonyl (C=O) groups excluding carboxylic acids is 3. The topological polar surface area (TPSA) is 103 Å². The summed E-state index contributed by atoms with van der Waals surface area (Å²) in [6.45, 7) is 1.04. The number of hydrogen-bond donors (Lipinski definition) is 2. The third-order valence-electron chi connectivity index (χ3n) is 8.98. The largest absolute Gasteiger partial charge is 0.493 e. The van der Waals surface area contributed by atoms with Crippen LogP contribution in [-0.2, 0) is 20.5 Å². The Hall–Kier alpha value is -3.76. The number of rotatable bonds is 10. The van der Waals surface area contributed by atoms with Gasteiger partial charge in [0.15, 0.2) is 24.7 Å². The van der Waals surface area contributed by atoms with Gasteiger partial charge < -0.3 is 24.8 Å². The summed E-state index contributed by atoms with van der Waals surface area (Å²) in [6, 6.07) is 8.71. The highest BCUT2D eigenvalue weighted by Crippen LogP contribution is 2.61. The van der Waals surface area contributed by atoms with Gasteiger partial charge in [-0.3, -0.25) is 9.59 Å². The van der Waals surface area contributed by atoms with Crippen LogP contribution in [0.3, 0.4) is 0 Å². The van der Waals surface area contributed by atoms with E-state index in [-0.39, 0.29) is 40.1 Å². The standard InChI is InChI=1S/C31H35F3N2O6/c1-18(30-13-19-9-20(14-30)11-21(10-19)15-30)35-27(37)17-42-29(39)22-7-8-25(26(12-22)40-2)41-16-28(38)36-24-6-4-3-5-23(24)31(32,33)34/h3-8,12,18-21H,9-11,13-17H2,1-2H3,(H,35,37)(H,36,38)/t18-,19?,20?,21?,30?/m0/s1. The SMILES string of the molecule is COc1cc(C(=O)OCC(=O)N[C@@H](C)C23CC4CC(CC(C4)C2)C3)ccc1OCC(=O)Nc1ccccc1C(F)(F)F. The quantitative estimate of drug-likeness (QED) is 0.350. The lowest BCUT2D eigenvalue weighted by Gasteiger charge is -2.59. The van der Waals surface area contributed by atoms with Gasteiger partial charge >= 0.3 is 12.1 Å². The molecule has 0 radical (unpaired) electrons. The van der Waals surface area contributed by atoms with Crippen molar-refractivity contribution >= 4 is 23.5 Å². The summed E-state index contributed by atoms with van der Waals surface area (Å²) in [5.41, 5.74) is -1.13. The zero-order chi connectivity index (χ0) is 30.1. The van der Waals surface area contributed by atoms with Gasteiger partial charge in [0.05, 0.1) is 23.9 Å². The predicted molar refractivity (Wildman–Crippen MR) is 147 cm³/mol. The van der Waals surface area contributed by atoms with Gasteiger partial charge in [-0.05, 0) is 98.9 Å². The maximum absolute atomic E-state index is 13.2. The van der Waals surface area contributed by atoms with Crippen molar-refractivity contribution in [2.24, 2.45) is 23.2 Å². The van der Waals surface area contributed by atoms with E-state index < -0.39 is 36.8 Å². The number of halogens is 3. The van der Waals surface area contributed by atoms with E-state index in [1.54, 1.807) is 0 Å². The molecule has 0 heterocycles. The van der Waals surface area contributed by atoms with Crippen LogP contribution in [0.2, 0.25) is 0 Å². The molecule has 11 heteroatoms. The van der Waals surface area contributed by atoms with Crippen molar-refractivity contribution in [1.82, 2.24) is 5.32 Å². The molecule has 0 saturated heterocycles. The Balaban J connectivity index is 1.12. The fourth-order valence-electron chi connectivity index (χ4n) is 7.44. The molecule has 226 valence electrons. The fraction of sp³-hybridized carbons (Fsp3) is 0.516. The van der Waals surface area contributed by atoms with Crippen LogP contribution in [0.4, 0.5) is 18.9 Å². The monoisotopic (exact) mass is 588 g/mol. The summed E-state index contributed by atoms with van der Waals surface area (Å²) in [7, 11) is 1.33. The molecule has 4 aliphatic carbocycles. The minimum Gasteiger partial charge on any atom is -0.493 e. The Labute approximate surface area is 242 Å². The molecule has 0 unspecified atom stereocenters. The lowest BCUT2D eigenvalue weighted by Crippen LogP contribution is -2.56. The molecule has 6 rings (SSSR count). The van der Waals surface area contributed by atoms with E-state index in [0.29, 0.717) is 0 Å². The van der Waals surface area contributed by atoms with Gasteiger partial charge in [-0.2, -0.15) is 13.2 Å². The number of alkyl halides is 3. The first-order chi connectivity index (χ1) is 20.0. The molecule has 4 saturated carbocycles. The van der Waals surface area contributed by atoms with Crippen molar-refractivity contribution in [3.05, 3.63) is 53.6 Å². The van der Waals surface area contributed by atoms with Crippen molar-refractivity contribution in [3.8, 4) is 11.5 Å². The Bertz CT molecular complexity index is 1310. The Morgan fingerprint density at radius 1 is 0.929 bits per heavy atom. The zero-order valence-electron chi connectivity index (χ0n) is 23.6. The Morgan fingerprint density at radius 2 is 1.57 bits per heavy atom. The van der Waals surface area contributed by atoms with Crippen molar-refractivity contribution in [2.75, 3.05) is 25.6 Å². The maximum atomic E-state index is 13.2. The second-order valence-corrected chi connectivity index (χ2v) is 11.9. The molecule has 0 aromatic heterocycles. The number of hydrogen-bond acceptors (Lipinski definition) is 6. The number of carbonyl (C=O) groups is 3. The van der Waals surface area contributed by atoms with E-state index in [0.717, 1.165) is 49.1 Å². The normalized spacial score (nSPS) is 24.9. The number of amides is 2. The lowest BCUT2D eigenvalue weighted by molar-refractivity contribution is -0.137. The van der Waals surface area contributed by atoms with E-state index in [1.165, 1.54) is 56.7 Å². The molecule has 4 fully saturated rings. The second-order valence-electron chi connectivity index (χ2n) is 11.9. The number of ether oxygens (including phenoxy) is 3. The molecular weight excluding hydrogens is 553 g/mol. The molecule has 8 nitrogen and oxygen atoms in total. The van der Waals surface area contributed by atoms with Gasteiger partial charge in [0.1, 0.15) is 0 Å². The van der Waals surface area contributed by atoms with Crippen LogP contribution >= 0.6 is 0 Å². The zero-order valence-corrected chi connectivity index (χ0v) is 23.6. The summed E-state index contributed by atoms with van der Waals surface area (Å²) in [5.74, 6) is 0.576. The van der Waals surface area contributed by atoms with Crippen LogP contribution in [0, 0.1) is 23.2 Å². The number of esters is 1. The van der Waals surface area contributed by atoms with Crippen LogP contribution in [-0.4, -0.2) is 44.1 Å². The molecule has 2 aromatic rings. The highest BCUT2D eigenvalue weighted by atomic mass is 19.4. The Morgan fingerprint density at radius 3 is 2.19 bits per heavy atom. The van der Waals surface area contributed by atoms with Crippen LogP contribution in [0.5, 0.6) is 11.5 Å². The van der Waals surface area contributed by atoms with E-state index in [9.17, 15) is 27.6 Å². The van der Waals surface area contributed by atoms with Gasteiger partial charge in [0.25, 0.3) is 11.8 Å². The number of nitrogens with one attached hydrogen (secondary N) is 2. The van der Waals surface area contributed by atoms with Crippen LogP contribution in [0.1, 0.15) is 61.4 Å². The van der Waals surface area contributed by atoms with Crippen LogP contribution < -0.4 is 20.1 Å². The predicted octanol–water partition coefficient (Wildman–Crippen LogP) is 5.61. The molecule has 42 heavy (non-hydrogen) atoms. The highest BCUT2D eigenvalue weighted by Gasteiger charge is 2.53. The third kappa shape index (κ3) is 6.50. The molecule has 4 bridgehead atoms. The van der Waals surface area contributed by atoms with Crippen molar-refractivity contribution in [2.45, 2.75) is 57.7 Å². The number of para-hydroxylation sites is 1. The molecule has 2 N–H and O–H groups in total. The molecule has 4 aliphatic rings. The van der Waals surface area contributed by atoms with E-state index in [2.05, 4.69) is 17.6 Å².